The largest absolute Gasteiger partial charge is 0.495 e. The SMILES string of the molecule is CCN(Cc1nc2ccccc2c(=O)[nH]1)C(=O)c1ccc(OC)c(S(=O)(=O)NC2CCCC2)c1. The number of aromatic nitrogens is 2. The number of fused-ring (bicyclic) bond motifs is 1. The van der Waals surface area contributed by atoms with Gasteiger partial charge in [0.05, 0.1) is 24.6 Å². The first-order valence-electron chi connectivity index (χ1n) is 11.3. The van der Waals surface area contributed by atoms with Gasteiger partial charge in [-0.25, -0.2) is 18.1 Å². The van der Waals surface area contributed by atoms with Crippen molar-refractivity contribution in [2.45, 2.75) is 50.1 Å². The third-order valence-corrected chi connectivity index (χ3v) is 7.59. The van der Waals surface area contributed by atoms with E-state index in [2.05, 4.69) is 14.7 Å². The summed E-state index contributed by atoms with van der Waals surface area (Å²) >= 11 is 0. The van der Waals surface area contributed by atoms with Crippen LogP contribution < -0.4 is 15.0 Å². The molecule has 4 rings (SSSR count). The van der Waals surface area contributed by atoms with E-state index >= 15 is 0 Å². The second kappa shape index (κ2) is 9.94. The number of para-hydroxylation sites is 1. The lowest BCUT2D eigenvalue weighted by Gasteiger charge is -2.21. The van der Waals surface area contributed by atoms with Gasteiger partial charge in [-0.05, 0) is 50.1 Å². The zero-order valence-corrected chi connectivity index (χ0v) is 20.0. The molecule has 1 aromatic heterocycles. The van der Waals surface area contributed by atoms with Crippen LogP contribution in [0.25, 0.3) is 10.9 Å². The first-order valence-corrected chi connectivity index (χ1v) is 12.8. The molecule has 0 spiro atoms. The predicted molar refractivity (Wildman–Crippen MR) is 128 cm³/mol. The molecule has 0 bridgehead atoms. The number of nitrogens with zero attached hydrogens (tertiary/aromatic N) is 2. The number of carbonyl (C=O) groups is 1. The van der Waals surface area contributed by atoms with Crippen LogP contribution in [-0.2, 0) is 16.6 Å². The third-order valence-electron chi connectivity index (χ3n) is 6.05. The average Bonchev–Trinajstić information content (AvgIpc) is 3.34. The number of aromatic amines is 1. The second-order valence-electron chi connectivity index (χ2n) is 8.32. The summed E-state index contributed by atoms with van der Waals surface area (Å²) in [4.78, 5) is 34.3. The number of hydrogen-bond acceptors (Lipinski definition) is 6. The molecule has 0 atom stereocenters. The minimum Gasteiger partial charge on any atom is -0.495 e. The molecule has 2 N–H and O–H groups in total. The lowest BCUT2D eigenvalue weighted by Crippen LogP contribution is -2.34. The Labute approximate surface area is 198 Å². The Bertz CT molecular complexity index is 1360. The Morgan fingerprint density at radius 1 is 1.21 bits per heavy atom. The zero-order chi connectivity index (χ0) is 24.3. The summed E-state index contributed by atoms with van der Waals surface area (Å²) < 4.78 is 34.1. The average molecular weight is 485 g/mol. The zero-order valence-electron chi connectivity index (χ0n) is 19.2. The molecule has 0 radical (unpaired) electrons. The number of nitrogens with one attached hydrogen (secondary N) is 2. The van der Waals surface area contributed by atoms with Crippen molar-refractivity contribution in [2.75, 3.05) is 13.7 Å². The van der Waals surface area contributed by atoms with Gasteiger partial charge < -0.3 is 14.6 Å². The monoisotopic (exact) mass is 484 g/mol. The molecule has 0 unspecified atom stereocenters. The fourth-order valence-corrected chi connectivity index (χ4v) is 5.75. The Balaban J connectivity index is 1.62. The van der Waals surface area contributed by atoms with Crippen LogP contribution in [0.5, 0.6) is 5.75 Å². The summed E-state index contributed by atoms with van der Waals surface area (Å²) in [7, 11) is -2.47. The minimum absolute atomic E-state index is 0.0685. The quantitative estimate of drug-likeness (QED) is 0.507. The van der Waals surface area contributed by atoms with E-state index in [4.69, 9.17) is 4.74 Å². The van der Waals surface area contributed by atoms with Crippen molar-refractivity contribution in [3.8, 4) is 5.75 Å². The van der Waals surface area contributed by atoms with E-state index in [1.165, 1.54) is 30.2 Å². The van der Waals surface area contributed by atoms with Gasteiger partial charge in [0.1, 0.15) is 16.5 Å². The van der Waals surface area contributed by atoms with Crippen molar-refractivity contribution in [3.05, 3.63) is 64.2 Å². The highest BCUT2D eigenvalue weighted by Gasteiger charge is 2.27. The van der Waals surface area contributed by atoms with Gasteiger partial charge in [-0.1, -0.05) is 25.0 Å². The maximum atomic E-state index is 13.3. The van der Waals surface area contributed by atoms with Crippen LogP contribution in [0.3, 0.4) is 0 Å². The van der Waals surface area contributed by atoms with Crippen molar-refractivity contribution in [1.29, 1.82) is 0 Å². The van der Waals surface area contributed by atoms with Crippen LogP contribution in [0, 0.1) is 0 Å². The first kappa shape index (κ1) is 23.9. The number of sulfonamides is 1. The maximum absolute atomic E-state index is 13.3. The van der Waals surface area contributed by atoms with Crippen LogP contribution in [0.4, 0.5) is 0 Å². The van der Waals surface area contributed by atoms with E-state index in [0.717, 1.165) is 25.7 Å². The summed E-state index contributed by atoms with van der Waals surface area (Å²) in [6, 6.07) is 11.2. The molecule has 10 heteroatoms. The highest BCUT2D eigenvalue weighted by molar-refractivity contribution is 7.89. The molecule has 3 aromatic rings. The Morgan fingerprint density at radius 2 is 1.94 bits per heavy atom. The van der Waals surface area contributed by atoms with Gasteiger partial charge in [0.2, 0.25) is 10.0 Å². The summed E-state index contributed by atoms with van der Waals surface area (Å²) in [5, 5.41) is 0.473. The smallest absolute Gasteiger partial charge is 0.258 e. The molecular formula is C24H28N4O5S. The first-order chi connectivity index (χ1) is 16.3. The Kier molecular flexibility index (Phi) is 6.99. The van der Waals surface area contributed by atoms with E-state index in [1.54, 1.807) is 31.2 Å². The number of methoxy groups -OCH3 is 1. The molecule has 34 heavy (non-hydrogen) atoms. The van der Waals surface area contributed by atoms with E-state index in [-0.39, 0.29) is 40.3 Å². The van der Waals surface area contributed by atoms with Crippen molar-refractivity contribution in [3.63, 3.8) is 0 Å². The summed E-state index contributed by atoms with van der Waals surface area (Å²) in [6.07, 6.45) is 3.56. The highest BCUT2D eigenvalue weighted by Crippen LogP contribution is 2.28. The summed E-state index contributed by atoms with van der Waals surface area (Å²) in [6.45, 7) is 2.22. The lowest BCUT2D eigenvalue weighted by atomic mass is 10.2. The molecule has 1 aliphatic carbocycles. The molecule has 1 aliphatic rings. The molecule has 1 saturated carbocycles. The molecule has 2 aromatic carbocycles. The Morgan fingerprint density at radius 3 is 2.65 bits per heavy atom. The summed E-state index contributed by atoms with van der Waals surface area (Å²) in [5.74, 6) is 0.145. The fourth-order valence-electron chi connectivity index (χ4n) is 4.25. The van der Waals surface area contributed by atoms with Gasteiger partial charge in [-0.3, -0.25) is 9.59 Å². The van der Waals surface area contributed by atoms with Crippen molar-refractivity contribution < 1.29 is 17.9 Å². The predicted octanol–water partition coefficient (Wildman–Crippen LogP) is 2.81. The molecule has 0 saturated heterocycles. The molecular weight excluding hydrogens is 456 g/mol. The molecule has 180 valence electrons. The van der Waals surface area contributed by atoms with Crippen LogP contribution in [0.2, 0.25) is 0 Å². The number of rotatable bonds is 8. The van der Waals surface area contributed by atoms with Crippen LogP contribution in [0.1, 0.15) is 48.8 Å². The van der Waals surface area contributed by atoms with Crippen LogP contribution in [0.15, 0.2) is 52.2 Å². The molecule has 0 aliphatic heterocycles. The van der Waals surface area contributed by atoms with Crippen molar-refractivity contribution >= 4 is 26.8 Å². The lowest BCUT2D eigenvalue weighted by molar-refractivity contribution is 0.0748. The van der Waals surface area contributed by atoms with Gasteiger partial charge >= 0.3 is 0 Å². The molecule has 1 amide bonds. The molecule has 1 fully saturated rings. The van der Waals surface area contributed by atoms with E-state index in [1.807, 2.05) is 0 Å². The Hall–Kier alpha value is -3.24. The number of ether oxygens (including phenoxy) is 1. The fraction of sp³-hybridized carbons (Fsp3) is 0.375. The van der Waals surface area contributed by atoms with Crippen LogP contribution in [-0.4, -0.2) is 48.9 Å². The maximum Gasteiger partial charge on any atom is 0.258 e. The van der Waals surface area contributed by atoms with E-state index in [0.29, 0.717) is 23.3 Å². The normalized spacial score (nSPS) is 14.4. The van der Waals surface area contributed by atoms with E-state index in [9.17, 15) is 18.0 Å². The summed E-state index contributed by atoms with van der Waals surface area (Å²) in [5.41, 5.74) is 0.470. The van der Waals surface area contributed by atoms with Crippen molar-refractivity contribution in [1.82, 2.24) is 19.6 Å². The van der Waals surface area contributed by atoms with Gasteiger partial charge in [-0.2, -0.15) is 0 Å². The topological polar surface area (TPSA) is 121 Å². The van der Waals surface area contributed by atoms with Gasteiger partial charge in [0, 0.05) is 18.2 Å². The number of hydrogen-bond donors (Lipinski definition) is 2. The van der Waals surface area contributed by atoms with E-state index < -0.39 is 10.0 Å². The third kappa shape index (κ3) is 4.97. The van der Waals surface area contributed by atoms with Gasteiger partial charge in [-0.15, -0.1) is 0 Å². The molecule has 9 nitrogen and oxygen atoms in total. The number of benzene rings is 2. The number of carbonyl (C=O) groups excluding carboxylic acids is 1. The van der Waals surface area contributed by atoms with Gasteiger partial charge in [0.15, 0.2) is 0 Å². The number of H-pyrrole nitrogens is 1. The van der Waals surface area contributed by atoms with Crippen molar-refractivity contribution in [2.24, 2.45) is 0 Å². The highest BCUT2D eigenvalue weighted by atomic mass is 32.2. The second-order valence-corrected chi connectivity index (χ2v) is 10.00. The minimum atomic E-state index is -3.87. The molecule has 1 heterocycles. The van der Waals surface area contributed by atoms with Gasteiger partial charge in [0.25, 0.3) is 11.5 Å². The van der Waals surface area contributed by atoms with Crippen LogP contribution >= 0.6 is 0 Å². The number of amides is 1. The standard InChI is InChI=1S/C24H28N4O5S/c1-3-28(15-22-25-19-11-7-6-10-18(19)23(29)26-22)24(30)16-12-13-20(33-2)21(14-16)34(31,32)27-17-8-4-5-9-17/h6-7,10-14,17,27H,3-5,8-9,15H2,1-2H3,(H,25,26,29).